The minimum atomic E-state index is -3.88. The summed E-state index contributed by atoms with van der Waals surface area (Å²) in [5.74, 6) is -0.856. The highest BCUT2D eigenvalue weighted by Gasteiger charge is 2.29. The summed E-state index contributed by atoms with van der Waals surface area (Å²) >= 11 is 11.2. The highest BCUT2D eigenvalue weighted by atomic mass is 35.5. The smallest absolute Gasteiger partial charge is 0.242 e. The minimum absolute atomic E-state index is 0.0979. The van der Waals surface area contributed by atoms with Crippen molar-refractivity contribution >= 4 is 33.2 Å². The lowest BCUT2D eigenvalue weighted by Gasteiger charge is -2.31. The van der Waals surface area contributed by atoms with Crippen molar-refractivity contribution in [2.45, 2.75) is 23.8 Å². The number of nitrogens with one attached hydrogen (secondary N) is 1. The van der Waals surface area contributed by atoms with Crippen molar-refractivity contribution in [3.05, 3.63) is 28.0 Å². The summed E-state index contributed by atoms with van der Waals surface area (Å²) in [4.78, 5) is -0.337. The van der Waals surface area contributed by atoms with Gasteiger partial charge in [-0.1, -0.05) is 23.2 Å². The number of aliphatic hydroxyl groups excluding tert-OH is 1. The standard InChI is InChI=1S/C11H12Cl2FNO3S/c12-8-1-2-9(10(13)11(8)14)19(17,18)15-5-6-3-7(16)4-6/h1-2,6-7,15-16H,3-5H2. The molecule has 0 amide bonds. The molecule has 0 radical (unpaired) electrons. The number of sulfonamides is 1. The van der Waals surface area contributed by atoms with Crippen LogP contribution in [0.1, 0.15) is 12.8 Å². The van der Waals surface area contributed by atoms with E-state index in [0.717, 1.165) is 12.1 Å². The Morgan fingerprint density at radius 2 is 2.00 bits per heavy atom. The van der Waals surface area contributed by atoms with E-state index in [1.54, 1.807) is 0 Å². The molecule has 0 heterocycles. The maximum Gasteiger partial charge on any atom is 0.242 e. The molecule has 0 unspecified atom stereocenters. The molecule has 1 aromatic rings. The second-order valence-corrected chi connectivity index (χ2v) is 7.04. The number of aliphatic hydroxyl groups is 1. The molecule has 0 atom stereocenters. The van der Waals surface area contributed by atoms with Crippen molar-refractivity contribution in [1.82, 2.24) is 4.72 Å². The lowest BCUT2D eigenvalue weighted by atomic mass is 9.83. The first-order chi connectivity index (χ1) is 8.81. The topological polar surface area (TPSA) is 66.4 Å². The predicted molar refractivity (Wildman–Crippen MR) is 70.3 cm³/mol. The molecule has 4 nitrogen and oxygen atoms in total. The fourth-order valence-corrected chi connectivity index (χ4v) is 3.75. The van der Waals surface area contributed by atoms with Crippen LogP contribution in [0.4, 0.5) is 4.39 Å². The van der Waals surface area contributed by atoms with Gasteiger partial charge < -0.3 is 5.11 Å². The van der Waals surface area contributed by atoms with Gasteiger partial charge in [-0.05, 0) is 30.9 Å². The molecule has 19 heavy (non-hydrogen) atoms. The third-order valence-corrected chi connectivity index (χ3v) is 5.30. The number of halogens is 3. The molecule has 0 aromatic heterocycles. The van der Waals surface area contributed by atoms with Crippen LogP contribution in [-0.2, 0) is 10.0 Å². The summed E-state index contributed by atoms with van der Waals surface area (Å²) in [7, 11) is -3.88. The van der Waals surface area contributed by atoms with Crippen LogP contribution in [0.2, 0.25) is 10.0 Å². The molecule has 1 fully saturated rings. The largest absolute Gasteiger partial charge is 0.393 e. The van der Waals surface area contributed by atoms with E-state index in [1.165, 1.54) is 0 Å². The monoisotopic (exact) mass is 327 g/mol. The first-order valence-electron chi connectivity index (χ1n) is 5.62. The summed E-state index contributed by atoms with van der Waals surface area (Å²) < 4.78 is 39.8. The van der Waals surface area contributed by atoms with Gasteiger partial charge in [-0.25, -0.2) is 17.5 Å². The van der Waals surface area contributed by atoms with Crippen LogP contribution in [0, 0.1) is 11.7 Å². The zero-order valence-corrected chi connectivity index (χ0v) is 12.1. The van der Waals surface area contributed by atoms with Gasteiger partial charge in [0.2, 0.25) is 10.0 Å². The molecule has 2 N–H and O–H groups in total. The maximum absolute atomic E-state index is 13.5. The maximum atomic E-state index is 13.5. The quantitative estimate of drug-likeness (QED) is 0.833. The van der Waals surface area contributed by atoms with Crippen LogP contribution in [0.3, 0.4) is 0 Å². The Balaban J connectivity index is 2.13. The van der Waals surface area contributed by atoms with Crippen molar-refractivity contribution in [1.29, 1.82) is 0 Å². The number of hydrogen-bond acceptors (Lipinski definition) is 3. The molecule has 106 valence electrons. The molecule has 0 aliphatic heterocycles. The van der Waals surface area contributed by atoms with Gasteiger partial charge in [-0.15, -0.1) is 0 Å². The fraction of sp³-hybridized carbons (Fsp3) is 0.455. The van der Waals surface area contributed by atoms with E-state index in [-0.39, 0.29) is 28.5 Å². The Kier molecular flexibility index (Phi) is 4.37. The Morgan fingerprint density at radius 3 is 2.58 bits per heavy atom. The van der Waals surface area contributed by atoms with Crippen molar-refractivity contribution in [3.8, 4) is 0 Å². The fourth-order valence-electron chi connectivity index (χ4n) is 1.89. The summed E-state index contributed by atoms with van der Waals surface area (Å²) in [6, 6.07) is 2.30. The van der Waals surface area contributed by atoms with Crippen LogP contribution < -0.4 is 4.72 Å². The summed E-state index contributed by atoms with van der Waals surface area (Å²) in [6.45, 7) is 0.194. The molecule has 0 bridgehead atoms. The Bertz CT molecular complexity index is 588. The number of rotatable bonds is 4. The lowest BCUT2D eigenvalue weighted by Crippen LogP contribution is -2.38. The van der Waals surface area contributed by atoms with Gasteiger partial charge in [-0.2, -0.15) is 0 Å². The zero-order chi connectivity index (χ0) is 14.2. The molecule has 1 aliphatic rings. The first kappa shape index (κ1) is 15.0. The van der Waals surface area contributed by atoms with E-state index in [1.807, 2.05) is 0 Å². The van der Waals surface area contributed by atoms with Crippen LogP contribution >= 0.6 is 23.2 Å². The van der Waals surface area contributed by atoms with Crippen LogP contribution in [0.25, 0.3) is 0 Å². The highest BCUT2D eigenvalue weighted by molar-refractivity contribution is 7.89. The van der Waals surface area contributed by atoms with Crippen molar-refractivity contribution < 1.29 is 17.9 Å². The SMILES string of the molecule is O=S(=O)(NCC1CC(O)C1)c1ccc(Cl)c(F)c1Cl. The van der Waals surface area contributed by atoms with Crippen LogP contribution in [0.5, 0.6) is 0 Å². The van der Waals surface area contributed by atoms with Crippen molar-refractivity contribution in [2.24, 2.45) is 5.92 Å². The lowest BCUT2D eigenvalue weighted by molar-refractivity contribution is 0.0453. The second-order valence-electron chi connectivity index (χ2n) is 4.52. The van der Waals surface area contributed by atoms with Crippen LogP contribution in [-0.4, -0.2) is 26.2 Å². The molecular weight excluding hydrogens is 316 g/mol. The van der Waals surface area contributed by atoms with Gasteiger partial charge in [0.1, 0.15) is 4.90 Å². The van der Waals surface area contributed by atoms with E-state index < -0.39 is 20.9 Å². The molecule has 2 rings (SSSR count). The van der Waals surface area contributed by atoms with Gasteiger partial charge in [0.25, 0.3) is 0 Å². The van der Waals surface area contributed by atoms with Gasteiger partial charge in [0.15, 0.2) is 5.82 Å². The summed E-state index contributed by atoms with van der Waals surface area (Å²) in [6.07, 6.45) is 0.766. The minimum Gasteiger partial charge on any atom is -0.393 e. The molecular formula is C11H12Cl2FNO3S. The van der Waals surface area contributed by atoms with E-state index in [9.17, 15) is 12.8 Å². The summed E-state index contributed by atoms with van der Waals surface area (Å²) in [5.41, 5.74) is 0. The third-order valence-electron chi connectivity index (χ3n) is 3.06. The Labute approximate surface area is 120 Å². The van der Waals surface area contributed by atoms with E-state index in [2.05, 4.69) is 4.72 Å². The Morgan fingerprint density at radius 1 is 1.37 bits per heavy atom. The van der Waals surface area contributed by atoms with E-state index in [4.69, 9.17) is 28.3 Å². The zero-order valence-electron chi connectivity index (χ0n) is 9.74. The number of benzene rings is 1. The molecule has 1 aliphatic carbocycles. The average Bonchev–Trinajstić information content (AvgIpc) is 2.30. The molecule has 0 saturated heterocycles. The second kappa shape index (κ2) is 5.54. The first-order valence-corrected chi connectivity index (χ1v) is 7.86. The molecule has 8 heteroatoms. The third kappa shape index (κ3) is 3.20. The highest BCUT2D eigenvalue weighted by Crippen LogP contribution is 2.30. The average molecular weight is 328 g/mol. The normalized spacial score (nSPS) is 23.2. The number of hydrogen-bond donors (Lipinski definition) is 2. The van der Waals surface area contributed by atoms with Gasteiger partial charge in [0.05, 0.1) is 16.1 Å². The molecule has 0 spiro atoms. The van der Waals surface area contributed by atoms with Crippen LogP contribution in [0.15, 0.2) is 17.0 Å². The van der Waals surface area contributed by atoms with Gasteiger partial charge in [-0.3, -0.25) is 0 Å². The predicted octanol–water partition coefficient (Wildman–Crippen LogP) is 2.18. The molecule has 1 aromatic carbocycles. The van der Waals surface area contributed by atoms with Crippen molar-refractivity contribution in [3.63, 3.8) is 0 Å². The van der Waals surface area contributed by atoms with E-state index in [0.29, 0.717) is 12.8 Å². The summed E-state index contributed by atoms with van der Waals surface area (Å²) in [5, 5.41) is 8.36. The Hall–Kier alpha value is -0.400. The van der Waals surface area contributed by atoms with E-state index >= 15 is 0 Å². The van der Waals surface area contributed by atoms with Crippen molar-refractivity contribution in [2.75, 3.05) is 6.54 Å². The molecule has 1 saturated carbocycles. The van der Waals surface area contributed by atoms with Gasteiger partial charge in [0, 0.05) is 6.54 Å². The van der Waals surface area contributed by atoms with Gasteiger partial charge >= 0.3 is 0 Å².